The van der Waals surface area contributed by atoms with E-state index in [4.69, 9.17) is 0 Å². The minimum atomic E-state index is 0.0475. The number of benzene rings is 1. The largest absolute Gasteiger partial charge is 0.348 e. The molecule has 22 heavy (non-hydrogen) atoms. The molecule has 3 rings (SSSR count). The van der Waals surface area contributed by atoms with Crippen LogP contribution in [0.4, 0.5) is 0 Å². The van der Waals surface area contributed by atoms with Crippen molar-refractivity contribution in [1.29, 1.82) is 0 Å². The Morgan fingerprint density at radius 2 is 2.09 bits per heavy atom. The van der Waals surface area contributed by atoms with Gasteiger partial charge in [-0.15, -0.1) is 0 Å². The Morgan fingerprint density at radius 1 is 1.36 bits per heavy atom. The number of hydrogen-bond donors (Lipinski definition) is 2. The standard InChI is InChI=1S/C17H24BrN3O/c1-12(13-2-4-16(18)5-3-13)20-17(22)11-21-7-6-14-8-19-9-15(14)10-21/h2-5,12,14-15,19H,6-11H2,1H3,(H,20,22). The highest BCUT2D eigenvalue weighted by atomic mass is 79.9. The van der Waals surface area contributed by atoms with Gasteiger partial charge in [-0.25, -0.2) is 0 Å². The summed E-state index contributed by atoms with van der Waals surface area (Å²) < 4.78 is 1.06. The van der Waals surface area contributed by atoms with Crippen LogP contribution in [0.2, 0.25) is 0 Å². The summed E-state index contributed by atoms with van der Waals surface area (Å²) in [4.78, 5) is 14.6. The predicted molar refractivity (Wildman–Crippen MR) is 91.6 cm³/mol. The van der Waals surface area contributed by atoms with E-state index in [2.05, 4.69) is 31.5 Å². The number of halogens is 1. The van der Waals surface area contributed by atoms with Crippen LogP contribution in [-0.2, 0) is 4.79 Å². The molecule has 0 bridgehead atoms. The molecule has 4 nitrogen and oxygen atoms in total. The van der Waals surface area contributed by atoms with E-state index >= 15 is 0 Å². The highest BCUT2D eigenvalue weighted by Gasteiger charge is 2.33. The molecule has 2 aliphatic heterocycles. The zero-order valence-electron chi connectivity index (χ0n) is 13.0. The van der Waals surface area contributed by atoms with E-state index in [-0.39, 0.29) is 11.9 Å². The summed E-state index contributed by atoms with van der Waals surface area (Å²) in [6.07, 6.45) is 1.22. The second-order valence-corrected chi connectivity index (χ2v) is 7.46. The highest BCUT2D eigenvalue weighted by molar-refractivity contribution is 9.10. The van der Waals surface area contributed by atoms with Crippen molar-refractivity contribution in [1.82, 2.24) is 15.5 Å². The summed E-state index contributed by atoms with van der Waals surface area (Å²) in [6.45, 7) is 6.92. The Balaban J connectivity index is 1.48. The molecule has 0 aliphatic carbocycles. The number of fused-ring (bicyclic) bond motifs is 1. The van der Waals surface area contributed by atoms with Gasteiger partial charge in [0.2, 0.25) is 5.91 Å². The first-order chi connectivity index (χ1) is 10.6. The van der Waals surface area contributed by atoms with Crippen molar-refractivity contribution in [2.75, 3.05) is 32.7 Å². The van der Waals surface area contributed by atoms with Crippen LogP contribution in [0, 0.1) is 11.8 Å². The lowest BCUT2D eigenvalue weighted by atomic mass is 9.89. The van der Waals surface area contributed by atoms with Crippen molar-refractivity contribution in [2.45, 2.75) is 19.4 Å². The van der Waals surface area contributed by atoms with E-state index < -0.39 is 0 Å². The third-order valence-electron chi connectivity index (χ3n) is 4.90. The number of carbonyl (C=O) groups excluding carboxylic acids is 1. The van der Waals surface area contributed by atoms with Gasteiger partial charge in [-0.2, -0.15) is 0 Å². The van der Waals surface area contributed by atoms with Crippen LogP contribution >= 0.6 is 15.9 Å². The van der Waals surface area contributed by atoms with Crippen LogP contribution in [0.1, 0.15) is 24.9 Å². The molecular formula is C17H24BrN3O. The van der Waals surface area contributed by atoms with Crippen LogP contribution in [-0.4, -0.2) is 43.5 Å². The molecule has 0 radical (unpaired) electrons. The topological polar surface area (TPSA) is 44.4 Å². The Morgan fingerprint density at radius 3 is 2.86 bits per heavy atom. The molecule has 1 aromatic rings. The van der Waals surface area contributed by atoms with E-state index in [9.17, 15) is 4.79 Å². The maximum atomic E-state index is 12.3. The van der Waals surface area contributed by atoms with Crippen LogP contribution in [0.15, 0.2) is 28.7 Å². The molecular weight excluding hydrogens is 342 g/mol. The maximum absolute atomic E-state index is 12.3. The van der Waals surface area contributed by atoms with Crippen LogP contribution in [0.25, 0.3) is 0 Å². The lowest BCUT2D eigenvalue weighted by Gasteiger charge is -2.34. The van der Waals surface area contributed by atoms with Crippen molar-refractivity contribution in [3.8, 4) is 0 Å². The summed E-state index contributed by atoms with van der Waals surface area (Å²) in [5.41, 5.74) is 1.13. The molecule has 0 aromatic heterocycles. The molecule has 3 atom stereocenters. The first-order valence-corrected chi connectivity index (χ1v) is 8.89. The van der Waals surface area contributed by atoms with Gasteiger partial charge in [0.05, 0.1) is 12.6 Å². The van der Waals surface area contributed by atoms with Gasteiger partial charge in [0, 0.05) is 11.0 Å². The van der Waals surface area contributed by atoms with E-state index in [1.165, 1.54) is 6.42 Å². The molecule has 2 fully saturated rings. The fourth-order valence-electron chi connectivity index (χ4n) is 3.58. The van der Waals surface area contributed by atoms with Gasteiger partial charge < -0.3 is 10.6 Å². The van der Waals surface area contributed by atoms with Crippen LogP contribution in [0.3, 0.4) is 0 Å². The zero-order valence-corrected chi connectivity index (χ0v) is 14.6. The summed E-state index contributed by atoms with van der Waals surface area (Å²) in [5, 5.41) is 6.58. The molecule has 3 unspecified atom stereocenters. The summed E-state index contributed by atoms with van der Waals surface area (Å²) in [6, 6.07) is 8.16. The molecule has 2 heterocycles. The fraction of sp³-hybridized carbons (Fsp3) is 0.588. The Labute approximate surface area is 140 Å². The Hall–Kier alpha value is -0.910. The molecule has 2 saturated heterocycles. The van der Waals surface area contributed by atoms with Gasteiger partial charge >= 0.3 is 0 Å². The van der Waals surface area contributed by atoms with Crippen molar-refractivity contribution < 1.29 is 4.79 Å². The number of nitrogens with zero attached hydrogens (tertiary/aromatic N) is 1. The second kappa shape index (κ2) is 7.11. The van der Waals surface area contributed by atoms with Crippen molar-refractivity contribution in [2.24, 2.45) is 11.8 Å². The number of likely N-dealkylation sites (tertiary alicyclic amines) is 1. The average Bonchev–Trinajstić information content (AvgIpc) is 2.95. The molecule has 1 amide bonds. The van der Waals surface area contributed by atoms with Gasteiger partial charge in [0.25, 0.3) is 0 Å². The van der Waals surface area contributed by atoms with E-state index in [0.29, 0.717) is 6.54 Å². The number of piperidine rings is 1. The molecule has 2 N–H and O–H groups in total. The lowest BCUT2D eigenvalue weighted by molar-refractivity contribution is -0.123. The number of hydrogen-bond acceptors (Lipinski definition) is 3. The molecule has 120 valence electrons. The SMILES string of the molecule is CC(NC(=O)CN1CCC2CNCC2C1)c1ccc(Br)cc1. The smallest absolute Gasteiger partial charge is 0.234 e. The van der Waals surface area contributed by atoms with E-state index in [1.54, 1.807) is 0 Å². The minimum absolute atomic E-state index is 0.0475. The summed E-state index contributed by atoms with van der Waals surface area (Å²) >= 11 is 3.43. The van der Waals surface area contributed by atoms with Crippen LogP contribution < -0.4 is 10.6 Å². The van der Waals surface area contributed by atoms with Gasteiger partial charge in [0.15, 0.2) is 0 Å². The van der Waals surface area contributed by atoms with Crippen molar-refractivity contribution >= 4 is 21.8 Å². The number of carbonyl (C=O) groups is 1. The molecule has 5 heteroatoms. The second-order valence-electron chi connectivity index (χ2n) is 6.54. The lowest BCUT2D eigenvalue weighted by Crippen LogP contribution is -2.45. The van der Waals surface area contributed by atoms with Gasteiger partial charge in [-0.1, -0.05) is 28.1 Å². The maximum Gasteiger partial charge on any atom is 0.234 e. The molecule has 0 spiro atoms. The van der Waals surface area contributed by atoms with Gasteiger partial charge in [-0.05, 0) is 62.5 Å². The zero-order chi connectivity index (χ0) is 15.5. The number of rotatable bonds is 4. The first-order valence-electron chi connectivity index (χ1n) is 8.09. The molecule has 0 saturated carbocycles. The minimum Gasteiger partial charge on any atom is -0.348 e. The number of nitrogens with one attached hydrogen (secondary N) is 2. The van der Waals surface area contributed by atoms with Crippen LogP contribution in [0.5, 0.6) is 0 Å². The summed E-state index contributed by atoms with van der Waals surface area (Å²) in [7, 11) is 0. The fourth-order valence-corrected chi connectivity index (χ4v) is 3.84. The van der Waals surface area contributed by atoms with Crippen molar-refractivity contribution in [3.63, 3.8) is 0 Å². The monoisotopic (exact) mass is 365 g/mol. The first kappa shape index (κ1) is 16.0. The predicted octanol–water partition coefficient (Wildman–Crippen LogP) is 2.17. The van der Waals surface area contributed by atoms with E-state index in [0.717, 1.165) is 48.1 Å². The third-order valence-corrected chi connectivity index (χ3v) is 5.43. The summed E-state index contributed by atoms with van der Waals surface area (Å²) in [5.74, 6) is 1.67. The molecule has 1 aromatic carbocycles. The third kappa shape index (κ3) is 3.89. The van der Waals surface area contributed by atoms with Gasteiger partial charge in [0.1, 0.15) is 0 Å². The number of amides is 1. The van der Waals surface area contributed by atoms with Crippen molar-refractivity contribution in [3.05, 3.63) is 34.3 Å². The van der Waals surface area contributed by atoms with E-state index in [1.807, 2.05) is 31.2 Å². The van der Waals surface area contributed by atoms with Gasteiger partial charge in [-0.3, -0.25) is 9.69 Å². The average molecular weight is 366 g/mol. The quantitative estimate of drug-likeness (QED) is 0.859. The highest BCUT2D eigenvalue weighted by Crippen LogP contribution is 2.26. The Kier molecular flexibility index (Phi) is 5.16. The molecule has 2 aliphatic rings. The normalized spacial score (nSPS) is 26.5. The Bertz CT molecular complexity index is 519.